The highest BCUT2D eigenvalue weighted by molar-refractivity contribution is 6.30. The molecule has 0 spiro atoms. The molecule has 1 aliphatic heterocycles. The zero-order valence-corrected chi connectivity index (χ0v) is 19.0. The summed E-state index contributed by atoms with van der Waals surface area (Å²) in [5.41, 5.74) is 2.32. The standard InChI is InChI=1S/C25H30ClN5O/c26-23-8-4-5-21(19-23)20-30-17-15-29(16-18-30)13-10-27-24(32)9-12-31-14-11-28-25(31)22-6-2-1-3-7-22/h1-8,11,14,19H,9-10,12-13,15-18,20H2,(H,27,32). The number of carbonyl (C=O) groups is 1. The molecule has 1 N–H and O–H groups in total. The van der Waals surface area contributed by atoms with Gasteiger partial charge in [-0.15, -0.1) is 0 Å². The van der Waals surface area contributed by atoms with Gasteiger partial charge in [-0.3, -0.25) is 14.6 Å². The van der Waals surface area contributed by atoms with Crippen molar-refractivity contribution in [2.45, 2.75) is 19.5 Å². The first-order valence-corrected chi connectivity index (χ1v) is 11.6. The van der Waals surface area contributed by atoms with Crippen molar-refractivity contribution in [1.82, 2.24) is 24.7 Å². The van der Waals surface area contributed by atoms with Gasteiger partial charge < -0.3 is 9.88 Å². The highest BCUT2D eigenvalue weighted by Crippen LogP contribution is 2.17. The number of rotatable bonds is 9. The van der Waals surface area contributed by atoms with E-state index in [9.17, 15) is 4.79 Å². The molecule has 0 aliphatic carbocycles. The number of amides is 1. The molecule has 1 amide bonds. The molecule has 0 atom stereocenters. The molecule has 2 aromatic carbocycles. The SMILES string of the molecule is O=C(CCn1ccnc1-c1ccccc1)NCCN1CCN(Cc2cccc(Cl)c2)CC1. The van der Waals surface area contributed by atoms with Crippen molar-refractivity contribution in [3.8, 4) is 11.4 Å². The minimum Gasteiger partial charge on any atom is -0.355 e. The van der Waals surface area contributed by atoms with Gasteiger partial charge in [0.15, 0.2) is 0 Å². The largest absolute Gasteiger partial charge is 0.355 e. The summed E-state index contributed by atoms with van der Waals surface area (Å²) in [7, 11) is 0. The molecule has 1 aliphatic rings. The Balaban J connectivity index is 1.13. The van der Waals surface area contributed by atoms with E-state index in [-0.39, 0.29) is 5.91 Å². The highest BCUT2D eigenvalue weighted by Gasteiger charge is 2.17. The predicted octanol–water partition coefficient (Wildman–Crippen LogP) is 3.53. The van der Waals surface area contributed by atoms with Gasteiger partial charge in [-0.2, -0.15) is 0 Å². The van der Waals surface area contributed by atoms with E-state index in [1.807, 2.05) is 59.3 Å². The van der Waals surface area contributed by atoms with E-state index in [2.05, 4.69) is 26.2 Å². The number of carbonyl (C=O) groups excluding carboxylic acids is 1. The van der Waals surface area contributed by atoms with Gasteiger partial charge in [0.05, 0.1) is 0 Å². The Labute approximate surface area is 194 Å². The summed E-state index contributed by atoms with van der Waals surface area (Å²) in [5, 5.41) is 3.86. The van der Waals surface area contributed by atoms with Crippen LogP contribution < -0.4 is 5.32 Å². The molecular formula is C25H30ClN5O. The summed E-state index contributed by atoms with van der Waals surface area (Å²) in [5.74, 6) is 0.978. The average molecular weight is 452 g/mol. The molecule has 32 heavy (non-hydrogen) atoms. The van der Waals surface area contributed by atoms with Gasteiger partial charge in [0.2, 0.25) is 5.91 Å². The Morgan fingerprint density at radius 1 is 0.969 bits per heavy atom. The van der Waals surface area contributed by atoms with Crippen molar-refractivity contribution in [3.63, 3.8) is 0 Å². The van der Waals surface area contributed by atoms with Crippen molar-refractivity contribution < 1.29 is 4.79 Å². The van der Waals surface area contributed by atoms with Crippen LogP contribution in [0.3, 0.4) is 0 Å². The molecule has 0 radical (unpaired) electrons. The quantitative estimate of drug-likeness (QED) is 0.540. The van der Waals surface area contributed by atoms with Crippen molar-refractivity contribution in [1.29, 1.82) is 0 Å². The van der Waals surface area contributed by atoms with Gasteiger partial charge >= 0.3 is 0 Å². The number of aryl methyl sites for hydroxylation is 1. The number of hydrogen-bond acceptors (Lipinski definition) is 4. The Bertz CT molecular complexity index is 998. The molecule has 1 saturated heterocycles. The molecule has 0 unspecified atom stereocenters. The maximum atomic E-state index is 12.3. The fourth-order valence-electron chi connectivity index (χ4n) is 4.07. The van der Waals surface area contributed by atoms with Crippen molar-refractivity contribution >= 4 is 17.5 Å². The van der Waals surface area contributed by atoms with Gasteiger partial charge in [0, 0.05) is 81.8 Å². The molecule has 0 bridgehead atoms. The normalized spacial score (nSPS) is 15.0. The monoisotopic (exact) mass is 451 g/mol. The molecule has 168 valence electrons. The van der Waals surface area contributed by atoms with Crippen LogP contribution in [0.2, 0.25) is 5.02 Å². The molecular weight excluding hydrogens is 422 g/mol. The summed E-state index contributed by atoms with van der Waals surface area (Å²) in [6, 6.07) is 18.1. The molecule has 6 nitrogen and oxygen atoms in total. The summed E-state index contributed by atoms with van der Waals surface area (Å²) in [6.45, 7) is 7.23. The number of halogens is 1. The number of hydrogen-bond donors (Lipinski definition) is 1. The van der Waals surface area contributed by atoms with Crippen LogP contribution in [0.1, 0.15) is 12.0 Å². The lowest BCUT2D eigenvalue weighted by molar-refractivity contribution is -0.121. The fourth-order valence-corrected chi connectivity index (χ4v) is 4.28. The third-order valence-electron chi connectivity index (χ3n) is 5.84. The Morgan fingerprint density at radius 2 is 1.75 bits per heavy atom. The van der Waals surface area contributed by atoms with E-state index in [0.29, 0.717) is 19.5 Å². The van der Waals surface area contributed by atoms with Gasteiger partial charge in [-0.05, 0) is 17.7 Å². The van der Waals surface area contributed by atoms with Crippen LogP contribution >= 0.6 is 11.6 Å². The van der Waals surface area contributed by atoms with Crippen molar-refractivity contribution in [2.75, 3.05) is 39.3 Å². The summed E-state index contributed by atoms with van der Waals surface area (Å²) in [4.78, 5) is 21.6. The van der Waals surface area contributed by atoms with Crippen LogP contribution in [0.25, 0.3) is 11.4 Å². The van der Waals surface area contributed by atoms with Crippen LogP contribution in [-0.2, 0) is 17.9 Å². The lowest BCUT2D eigenvalue weighted by Gasteiger charge is -2.34. The number of nitrogens with one attached hydrogen (secondary N) is 1. The second-order valence-electron chi connectivity index (χ2n) is 8.16. The van der Waals surface area contributed by atoms with Gasteiger partial charge in [0.25, 0.3) is 0 Å². The first-order chi connectivity index (χ1) is 15.7. The summed E-state index contributed by atoms with van der Waals surface area (Å²) < 4.78 is 2.04. The maximum absolute atomic E-state index is 12.3. The van der Waals surface area contributed by atoms with Crippen molar-refractivity contribution in [2.24, 2.45) is 0 Å². The third kappa shape index (κ3) is 6.42. The van der Waals surface area contributed by atoms with E-state index >= 15 is 0 Å². The minimum atomic E-state index is 0.0808. The number of piperazine rings is 1. The topological polar surface area (TPSA) is 53.4 Å². The number of nitrogens with zero attached hydrogens (tertiary/aromatic N) is 4. The Kier molecular flexibility index (Phi) is 7.93. The fraction of sp³-hybridized carbons (Fsp3) is 0.360. The molecule has 0 saturated carbocycles. The third-order valence-corrected chi connectivity index (χ3v) is 6.07. The van der Waals surface area contributed by atoms with Crippen LogP contribution in [0, 0.1) is 0 Å². The second kappa shape index (κ2) is 11.3. The zero-order chi connectivity index (χ0) is 22.2. The molecule has 7 heteroatoms. The van der Waals surface area contributed by atoms with Crippen LogP contribution in [0.15, 0.2) is 67.0 Å². The highest BCUT2D eigenvalue weighted by atomic mass is 35.5. The van der Waals surface area contributed by atoms with Crippen LogP contribution in [0.4, 0.5) is 0 Å². The first-order valence-electron chi connectivity index (χ1n) is 11.2. The Morgan fingerprint density at radius 3 is 2.53 bits per heavy atom. The number of benzene rings is 2. The van der Waals surface area contributed by atoms with Crippen LogP contribution in [-0.4, -0.2) is 64.5 Å². The molecule has 1 aromatic heterocycles. The number of imidazole rings is 1. The molecule has 3 aromatic rings. The van der Waals surface area contributed by atoms with E-state index in [4.69, 9.17) is 11.6 Å². The Hall–Kier alpha value is -2.67. The first kappa shape index (κ1) is 22.5. The lowest BCUT2D eigenvalue weighted by atomic mass is 10.2. The second-order valence-corrected chi connectivity index (χ2v) is 8.59. The van der Waals surface area contributed by atoms with Crippen molar-refractivity contribution in [3.05, 3.63) is 77.6 Å². The molecule has 2 heterocycles. The van der Waals surface area contributed by atoms with E-state index in [1.54, 1.807) is 6.20 Å². The zero-order valence-electron chi connectivity index (χ0n) is 18.3. The van der Waals surface area contributed by atoms with Gasteiger partial charge in [-0.25, -0.2) is 4.98 Å². The molecule has 4 rings (SSSR count). The predicted molar refractivity (Wildman–Crippen MR) is 128 cm³/mol. The van der Waals surface area contributed by atoms with E-state index < -0.39 is 0 Å². The average Bonchev–Trinajstić information content (AvgIpc) is 3.28. The minimum absolute atomic E-state index is 0.0808. The lowest BCUT2D eigenvalue weighted by Crippen LogP contribution is -2.48. The summed E-state index contributed by atoms with van der Waals surface area (Å²) >= 11 is 6.09. The van der Waals surface area contributed by atoms with Crippen LogP contribution in [0.5, 0.6) is 0 Å². The van der Waals surface area contributed by atoms with Gasteiger partial charge in [0.1, 0.15) is 5.82 Å². The molecule has 1 fully saturated rings. The van der Waals surface area contributed by atoms with Gasteiger partial charge in [-0.1, -0.05) is 54.1 Å². The van der Waals surface area contributed by atoms with E-state index in [1.165, 1.54) is 5.56 Å². The number of aromatic nitrogens is 2. The summed E-state index contributed by atoms with van der Waals surface area (Å²) in [6.07, 6.45) is 4.16. The smallest absolute Gasteiger partial charge is 0.221 e. The maximum Gasteiger partial charge on any atom is 0.221 e. The van der Waals surface area contributed by atoms with E-state index in [0.717, 1.165) is 55.7 Å².